The molecular formula is C20H20N4O4. The monoisotopic (exact) mass is 380 g/mol. The molecule has 2 aromatic carbocycles. The van der Waals surface area contributed by atoms with Gasteiger partial charge >= 0.3 is 5.97 Å². The van der Waals surface area contributed by atoms with Crippen LogP contribution in [0.2, 0.25) is 0 Å². The van der Waals surface area contributed by atoms with Crippen LogP contribution in [-0.4, -0.2) is 35.5 Å². The largest absolute Gasteiger partial charge is 0.468 e. The first kappa shape index (κ1) is 19.2. The van der Waals surface area contributed by atoms with Crippen LogP contribution in [0.4, 0.5) is 0 Å². The number of rotatable bonds is 7. The zero-order valence-corrected chi connectivity index (χ0v) is 15.3. The van der Waals surface area contributed by atoms with Crippen LogP contribution in [0.3, 0.4) is 0 Å². The van der Waals surface area contributed by atoms with Crippen LogP contribution in [0.1, 0.15) is 21.7 Å². The summed E-state index contributed by atoms with van der Waals surface area (Å²) in [5.74, 6) is -0.822. The van der Waals surface area contributed by atoms with E-state index in [2.05, 4.69) is 25.3 Å². The number of ether oxygens (including phenoxy) is 1. The van der Waals surface area contributed by atoms with Gasteiger partial charge in [-0.15, -0.1) is 0 Å². The molecule has 0 atom stereocenters. The zero-order valence-electron chi connectivity index (χ0n) is 15.3. The number of nitrogens with zero attached hydrogens (tertiary/aromatic N) is 1. The molecule has 0 saturated heterocycles. The van der Waals surface area contributed by atoms with Gasteiger partial charge in [0.2, 0.25) is 0 Å². The first-order valence-electron chi connectivity index (χ1n) is 8.69. The number of amides is 1. The highest BCUT2D eigenvalue weighted by atomic mass is 16.5. The number of carbonyl (C=O) groups is 2. The van der Waals surface area contributed by atoms with E-state index in [1.807, 2.05) is 24.3 Å². The third-order valence-corrected chi connectivity index (χ3v) is 4.10. The van der Waals surface area contributed by atoms with E-state index in [9.17, 15) is 14.4 Å². The lowest BCUT2D eigenvalue weighted by Gasteiger charge is -2.08. The molecule has 28 heavy (non-hydrogen) atoms. The summed E-state index contributed by atoms with van der Waals surface area (Å²) in [5, 5.41) is 6.17. The second kappa shape index (κ2) is 8.92. The Hall–Kier alpha value is -3.52. The molecule has 0 aliphatic heterocycles. The quantitative estimate of drug-likeness (QED) is 0.530. The van der Waals surface area contributed by atoms with Gasteiger partial charge in [0.05, 0.1) is 24.6 Å². The molecular weight excluding hydrogens is 360 g/mol. The van der Waals surface area contributed by atoms with Gasteiger partial charge < -0.3 is 20.4 Å². The van der Waals surface area contributed by atoms with Crippen molar-refractivity contribution in [2.75, 3.05) is 13.7 Å². The predicted octanol–water partition coefficient (Wildman–Crippen LogP) is 1.12. The van der Waals surface area contributed by atoms with Crippen molar-refractivity contribution < 1.29 is 14.3 Å². The van der Waals surface area contributed by atoms with Gasteiger partial charge in [-0.25, -0.2) is 4.98 Å². The number of hydrogen-bond acceptors (Lipinski definition) is 6. The highest BCUT2D eigenvalue weighted by Gasteiger charge is 2.11. The topological polar surface area (TPSA) is 113 Å². The van der Waals surface area contributed by atoms with Crippen LogP contribution in [-0.2, 0) is 22.6 Å². The normalized spacial score (nSPS) is 10.6. The van der Waals surface area contributed by atoms with Gasteiger partial charge in [-0.2, -0.15) is 0 Å². The van der Waals surface area contributed by atoms with Crippen LogP contribution in [0.5, 0.6) is 0 Å². The molecule has 0 aliphatic rings. The van der Waals surface area contributed by atoms with E-state index in [0.717, 1.165) is 11.1 Å². The molecule has 8 nitrogen and oxygen atoms in total. The highest BCUT2D eigenvalue weighted by Crippen LogP contribution is 2.07. The predicted molar refractivity (Wildman–Crippen MR) is 104 cm³/mol. The smallest absolute Gasteiger partial charge is 0.319 e. The molecule has 0 aliphatic carbocycles. The van der Waals surface area contributed by atoms with Crippen molar-refractivity contribution in [2.24, 2.45) is 0 Å². The van der Waals surface area contributed by atoms with E-state index in [-0.39, 0.29) is 30.4 Å². The molecule has 0 unspecified atom stereocenters. The van der Waals surface area contributed by atoms with E-state index in [0.29, 0.717) is 17.4 Å². The Bertz CT molecular complexity index is 1060. The van der Waals surface area contributed by atoms with E-state index < -0.39 is 5.91 Å². The SMILES string of the molecule is COC(=O)CNCc1cccc(CNC(=O)c2nc3ccccc3c(=O)[nH]2)c1. The summed E-state index contributed by atoms with van der Waals surface area (Å²) < 4.78 is 4.57. The summed E-state index contributed by atoms with van der Waals surface area (Å²) in [6, 6.07) is 14.4. The fraction of sp³-hybridized carbons (Fsp3) is 0.200. The van der Waals surface area contributed by atoms with Gasteiger partial charge in [-0.3, -0.25) is 14.4 Å². The maximum atomic E-state index is 12.4. The van der Waals surface area contributed by atoms with E-state index >= 15 is 0 Å². The molecule has 8 heteroatoms. The van der Waals surface area contributed by atoms with E-state index in [1.54, 1.807) is 24.3 Å². The van der Waals surface area contributed by atoms with Crippen molar-refractivity contribution in [3.63, 3.8) is 0 Å². The standard InChI is InChI=1S/C20H20N4O4/c1-28-17(25)12-21-10-13-5-4-6-14(9-13)11-22-20(27)18-23-16-8-3-2-7-15(16)19(26)24-18/h2-9,21H,10-12H2,1H3,(H,22,27)(H,23,24,26). The van der Waals surface area contributed by atoms with Crippen molar-refractivity contribution in [1.82, 2.24) is 20.6 Å². The number of benzene rings is 2. The maximum absolute atomic E-state index is 12.4. The highest BCUT2D eigenvalue weighted by molar-refractivity contribution is 5.92. The Kier molecular flexibility index (Phi) is 6.13. The van der Waals surface area contributed by atoms with Crippen LogP contribution in [0.15, 0.2) is 53.3 Å². The lowest BCUT2D eigenvalue weighted by atomic mass is 10.1. The minimum Gasteiger partial charge on any atom is -0.468 e. The fourth-order valence-corrected chi connectivity index (χ4v) is 2.69. The van der Waals surface area contributed by atoms with Gasteiger partial charge in [0, 0.05) is 13.1 Å². The Labute approximate surface area is 160 Å². The fourth-order valence-electron chi connectivity index (χ4n) is 2.69. The van der Waals surface area contributed by atoms with Crippen LogP contribution < -0.4 is 16.2 Å². The summed E-state index contributed by atoms with van der Waals surface area (Å²) in [4.78, 5) is 42.3. The lowest BCUT2D eigenvalue weighted by molar-refractivity contribution is -0.139. The first-order valence-corrected chi connectivity index (χ1v) is 8.69. The van der Waals surface area contributed by atoms with Crippen LogP contribution in [0, 0.1) is 0 Å². The molecule has 1 amide bonds. The molecule has 3 N–H and O–H groups in total. The third-order valence-electron chi connectivity index (χ3n) is 4.10. The number of hydrogen-bond donors (Lipinski definition) is 3. The number of nitrogens with one attached hydrogen (secondary N) is 3. The van der Waals surface area contributed by atoms with Gasteiger partial charge in [0.1, 0.15) is 0 Å². The van der Waals surface area contributed by atoms with Gasteiger partial charge in [0.15, 0.2) is 5.82 Å². The molecule has 1 heterocycles. The summed E-state index contributed by atoms with van der Waals surface area (Å²) in [5.41, 5.74) is 1.96. The average molecular weight is 380 g/mol. The van der Waals surface area contributed by atoms with Crippen LogP contribution >= 0.6 is 0 Å². The van der Waals surface area contributed by atoms with Crippen molar-refractivity contribution in [2.45, 2.75) is 13.1 Å². The number of carbonyl (C=O) groups excluding carboxylic acids is 2. The molecule has 0 bridgehead atoms. The summed E-state index contributed by atoms with van der Waals surface area (Å²) in [7, 11) is 1.34. The molecule has 3 aromatic rings. The lowest BCUT2D eigenvalue weighted by Crippen LogP contribution is -2.27. The second-order valence-electron chi connectivity index (χ2n) is 6.11. The van der Waals surface area contributed by atoms with Crippen molar-refractivity contribution in [3.05, 3.63) is 75.8 Å². The summed E-state index contributed by atoms with van der Waals surface area (Å²) in [6.07, 6.45) is 0. The Morgan fingerprint density at radius 1 is 1.07 bits per heavy atom. The average Bonchev–Trinajstić information content (AvgIpc) is 2.72. The first-order chi connectivity index (χ1) is 13.6. The minimum absolute atomic E-state index is 0.0281. The number of methoxy groups -OCH3 is 1. The number of esters is 1. The third kappa shape index (κ3) is 4.80. The number of fused-ring (bicyclic) bond motifs is 1. The number of para-hydroxylation sites is 1. The van der Waals surface area contributed by atoms with E-state index in [4.69, 9.17) is 0 Å². The van der Waals surface area contributed by atoms with Crippen molar-refractivity contribution >= 4 is 22.8 Å². The molecule has 0 saturated carbocycles. The van der Waals surface area contributed by atoms with E-state index in [1.165, 1.54) is 7.11 Å². The van der Waals surface area contributed by atoms with Gasteiger partial charge in [0.25, 0.3) is 11.5 Å². The molecule has 3 rings (SSSR count). The molecule has 1 aromatic heterocycles. The van der Waals surface area contributed by atoms with Crippen LogP contribution in [0.25, 0.3) is 10.9 Å². The van der Waals surface area contributed by atoms with Crippen molar-refractivity contribution in [1.29, 1.82) is 0 Å². The minimum atomic E-state index is -0.461. The maximum Gasteiger partial charge on any atom is 0.319 e. The summed E-state index contributed by atoms with van der Waals surface area (Å²) >= 11 is 0. The zero-order chi connectivity index (χ0) is 19.9. The van der Waals surface area contributed by atoms with Crippen molar-refractivity contribution in [3.8, 4) is 0 Å². The Morgan fingerprint density at radius 2 is 1.82 bits per heavy atom. The molecule has 0 radical (unpaired) electrons. The number of aromatic amines is 1. The Balaban J connectivity index is 1.62. The second-order valence-corrected chi connectivity index (χ2v) is 6.11. The Morgan fingerprint density at radius 3 is 2.61 bits per heavy atom. The van der Waals surface area contributed by atoms with Gasteiger partial charge in [-0.05, 0) is 23.3 Å². The molecule has 144 valence electrons. The molecule has 0 fully saturated rings. The molecule has 0 spiro atoms. The van der Waals surface area contributed by atoms with Gasteiger partial charge in [-0.1, -0.05) is 36.4 Å². The number of H-pyrrole nitrogens is 1. The number of aromatic nitrogens is 2. The summed E-state index contributed by atoms with van der Waals surface area (Å²) in [6.45, 7) is 0.898.